The normalized spacial score (nSPS) is 12.6. The van der Waals surface area contributed by atoms with Crippen LogP contribution < -0.4 is 11.1 Å². The third-order valence-corrected chi connectivity index (χ3v) is 4.86. The van der Waals surface area contributed by atoms with E-state index in [-0.39, 0.29) is 17.8 Å². The molecule has 1 unspecified atom stereocenters. The fraction of sp³-hybridized carbons (Fsp3) is 0.357. The summed E-state index contributed by atoms with van der Waals surface area (Å²) < 4.78 is 14.0. The summed E-state index contributed by atoms with van der Waals surface area (Å²) in [7, 11) is 0. The van der Waals surface area contributed by atoms with Crippen LogP contribution in [0.5, 0.6) is 0 Å². The number of thioether (sulfide) groups is 1. The van der Waals surface area contributed by atoms with E-state index in [0.29, 0.717) is 16.0 Å². The molecule has 2 aromatic rings. The maximum Gasteiger partial charge on any atom is 0.263 e. The highest BCUT2D eigenvalue weighted by Gasteiger charge is 2.18. The summed E-state index contributed by atoms with van der Waals surface area (Å²) in [5, 5.41) is 3.54. The Morgan fingerprint density at radius 2 is 2.30 bits per heavy atom. The van der Waals surface area contributed by atoms with Crippen LogP contribution in [0.15, 0.2) is 18.2 Å². The summed E-state index contributed by atoms with van der Waals surface area (Å²) in [6.07, 6.45) is 2.94. The van der Waals surface area contributed by atoms with Gasteiger partial charge in [0.2, 0.25) is 0 Å². The van der Waals surface area contributed by atoms with Crippen molar-refractivity contribution in [1.29, 1.82) is 0 Å². The highest BCUT2D eigenvalue weighted by Crippen LogP contribution is 2.34. The second kappa shape index (κ2) is 6.45. The van der Waals surface area contributed by atoms with Gasteiger partial charge in [0.1, 0.15) is 10.7 Å². The van der Waals surface area contributed by atoms with E-state index in [2.05, 4.69) is 5.32 Å². The zero-order chi connectivity index (χ0) is 14.7. The number of halogens is 1. The lowest BCUT2D eigenvalue weighted by Crippen LogP contribution is -2.32. The number of anilines is 1. The van der Waals surface area contributed by atoms with E-state index in [0.717, 1.165) is 16.9 Å². The van der Waals surface area contributed by atoms with Gasteiger partial charge in [-0.2, -0.15) is 11.8 Å². The maximum atomic E-state index is 13.2. The minimum atomic E-state index is -0.345. The molecule has 20 heavy (non-hydrogen) atoms. The Morgan fingerprint density at radius 3 is 3.00 bits per heavy atom. The molecule has 0 fully saturated rings. The fourth-order valence-electron chi connectivity index (χ4n) is 1.91. The van der Waals surface area contributed by atoms with Crippen LogP contribution in [0.1, 0.15) is 23.0 Å². The van der Waals surface area contributed by atoms with Crippen molar-refractivity contribution in [3.05, 3.63) is 28.9 Å². The van der Waals surface area contributed by atoms with Crippen LogP contribution in [0.4, 0.5) is 10.1 Å². The monoisotopic (exact) mass is 312 g/mol. The molecule has 0 saturated carbocycles. The van der Waals surface area contributed by atoms with Gasteiger partial charge >= 0.3 is 0 Å². The molecule has 0 saturated heterocycles. The Morgan fingerprint density at radius 1 is 1.55 bits per heavy atom. The first-order valence-corrected chi connectivity index (χ1v) is 8.51. The Labute approximate surface area is 125 Å². The van der Waals surface area contributed by atoms with Gasteiger partial charge in [-0.1, -0.05) is 0 Å². The van der Waals surface area contributed by atoms with Gasteiger partial charge in [0.15, 0.2) is 0 Å². The van der Waals surface area contributed by atoms with E-state index in [4.69, 9.17) is 5.73 Å². The van der Waals surface area contributed by atoms with Gasteiger partial charge in [-0.05, 0) is 43.6 Å². The standard InChI is InChI=1S/C14H17FN2OS2/c1-8(5-6-19-2)17-14(18)13-12(16)10-7-9(15)3-4-11(10)20-13/h3-4,7-8H,5-6,16H2,1-2H3,(H,17,18). The molecular formula is C14H17FN2OS2. The van der Waals surface area contributed by atoms with Gasteiger partial charge in [-0.15, -0.1) is 11.3 Å². The fourth-order valence-corrected chi connectivity index (χ4v) is 3.51. The van der Waals surface area contributed by atoms with Crippen LogP contribution in [-0.2, 0) is 0 Å². The number of fused-ring (bicyclic) bond motifs is 1. The molecule has 0 aliphatic heterocycles. The lowest BCUT2D eigenvalue weighted by Gasteiger charge is -2.12. The van der Waals surface area contributed by atoms with E-state index in [9.17, 15) is 9.18 Å². The summed E-state index contributed by atoms with van der Waals surface area (Å²) >= 11 is 3.04. The highest BCUT2D eigenvalue weighted by molar-refractivity contribution is 7.98. The molecule has 6 heteroatoms. The molecule has 2 rings (SSSR count). The summed E-state index contributed by atoms with van der Waals surface area (Å²) in [5.41, 5.74) is 6.32. The van der Waals surface area contributed by atoms with Gasteiger partial charge in [-0.25, -0.2) is 4.39 Å². The number of hydrogen-bond donors (Lipinski definition) is 2. The Bertz CT molecular complexity index is 627. The first-order chi connectivity index (χ1) is 9.52. The van der Waals surface area contributed by atoms with Crippen LogP contribution in [0.25, 0.3) is 10.1 Å². The number of nitrogens with one attached hydrogen (secondary N) is 1. The Hall–Kier alpha value is -1.27. The Kier molecular flexibility index (Phi) is 4.88. The van der Waals surface area contributed by atoms with Crippen molar-refractivity contribution in [3.63, 3.8) is 0 Å². The van der Waals surface area contributed by atoms with Gasteiger partial charge in [0.05, 0.1) is 5.69 Å². The SMILES string of the molecule is CSCCC(C)NC(=O)c1sc2ccc(F)cc2c1N. The minimum absolute atomic E-state index is 0.0938. The second-order valence-electron chi connectivity index (χ2n) is 4.64. The molecule has 0 radical (unpaired) electrons. The topological polar surface area (TPSA) is 55.1 Å². The smallest absolute Gasteiger partial charge is 0.263 e. The lowest BCUT2D eigenvalue weighted by molar-refractivity contribution is 0.0944. The highest BCUT2D eigenvalue weighted by atomic mass is 32.2. The van der Waals surface area contributed by atoms with E-state index >= 15 is 0 Å². The number of hydrogen-bond acceptors (Lipinski definition) is 4. The van der Waals surface area contributed by atoms with Crippen LogP contribution in [-0.4, -0.2) is 24.0 Å². The number of carbonyl (C=O) groups excluding carboxylic acids is 1. The number of benzene rings is 1. The van der Waals surface area contributed by atoms with Gasteiger partial charge in [-0.3, -0.25) is 4.79 Å². The molecule has 1 atom stereocenters. The van der Waals surface area contributed by atoms with Crippen LogP contribution in [0.3, 0.4) is 0 Å². The molecule has 108 valence electrons. The lowest BCUT2D eigenvalue weighted by atomic mass is 10.2. The molecule has 1 aromatic heterocycles. The van der Waals surface area contributed by atoms with E-state index in [1.54, 1.807) is 17.8 Å². The third kappa shape index (κ3) is 3.24. The van der Waals surface area contributed by atoms with Crippen molar-refractivity contribution in [1.82, 2.24) is 5.32 Å². The van der Waals surface area contributed by atoms with Crippen molar-refractivity contribution < 1.29 is 9.18 Å². The quantitative estimate of drug-likeness (QED) is 0.888. The third-order valence-electron chi connectivity index (χ3n) is 3.03. The van der Waals surface area contributed by atoms with Crippen LogP contribution >= 0.6 is 23.1 Å². The van der Waals surface area contributed by atoms with Crippen molar-refractivity contribution >= 4 is 44.8 Å². The van der Waals surface area contributed by atoms with Crippen molar-refractivity contribution in [2.45, 2.75) is 19.4 Å². The second-order valence-corrected chi connectivity index (χ2v) is 6.68. The summed E-state index contributed by atoms with van der Waals surface area (Å²) in [6.45, 7) is 1.97. The summed E-state index contributed by atoms with van der Waals surface area (Å²) in [4.78, 5) is 12.7. The molecule has 1 aromatic carbocycles. The van der Waals surface area contributed by atoms with Gasteiger partial charge in [0, 0.05) is 16.1 Å². The molecule has 1 heterocycles. The molecule has 0 aliphatic rings. The number of nitrogens with two attached hydrogens (primary N) is 1. The molecule has 3 N–H and O–H groups in total. The predicted octanol–water partition coefficient (Wildman–Crippen LogP) is 3.49. The molecule has 0 aliphatic carbocycles. The minimum Gasteiger partial charge on any atom is -0.397 e. The van der Waals surface area contributed by atoms with Gasteiger partial charge < -0.3 is 11.1 Å². The zero-order valence-corrected chi connectivity index (χ0v) is 13.0. The molecular weight excluding hydrogens is 295 g/mol. The zero-order valence-electron chi connectivity index (χ0n) is 11.4. The van der Waals surface area contributed by atoms with Crippen LogP contribution in [0, 0.1) is 5.82 Å². The van der Waals surface area contributed by atoms with Crippen LogP contribution in [0.2, 0.25) is 0 Å². The van der Waals surface area contributed by atoms with Crippen molar-refractivity contribution in [2.24, 2.45) is 0 Å². The predicted molar refractivity (Wildman–Crippen MR) is 86.1 cm³/mol. The molecule has 0 bridgehead atoms. The Balaban J connectivity index is 2.20. The first kappa shape index (κ1) is 15.1. The average molecular weight is 312 g/mol. The largest absolute Gasteiger partial charge is 0.397 e. The van der Waals surface area contributed by atoms with Crippen molar-refractivity contribution in [2.75, 3.05) is 17.7 Å². The number of carbonyl (C=O) groups is 1. The van der Waals surface area contributed by atoms with Gasteiger partial charge in [0.25, 0.3) is 5.91 Å². The number of amides is 1. The van der Waals surface area contributed by atoms with Crippen molar-refractivity contribution in [3.8, 4) is 0 Å². The summed E-state index contributed by atoms with van der Waals surface area (Å²) in [6, 6.07) is 4.49. The molecule has 0 spiro atoms. The first-order valence-electron chi connectivity index (χ1n) is 6.30. The number of thiophene rings is 1. The average Bonchev–Trinajstić information content (AvgIpc) is 2.74. The number of nitrogen functional groups attached to an aromatic ring is 1. The molecule has 1 amide bonds. The van der Waals surface area contributed by atoms with E-state index in [1.165, 1.54) is 23.5 Å². The van der Waals surface area contributed by atoms with E-state index < -0.39 is 0 Å². The summed E-state index contributed by atoms with van der Waals surface area (Å²) in [5.74, 6) is 0.467. The molecule has 3 nitrogen and oxygen atoms in total. The maximum absolute atomic E-state index is 13.2. The number of rotatable bonds is 5. The van der Waals surface area contributed by atoms with E-state index in [1.807, 2.05) is 13.2 Å².